The number of hydrogen-bond donors (Lipinski definition) is 1. The molecule has 0 radical (unpaired) electrons. The van der Waals surface area contributed by atoms with Crippen LogP contribution in [0.2, 0.25) is 0 Å². The Morgan fingerprint density at radius 2 is 2.00 bits per heavy atom. The van der Waals surface area contributed by atoms with Crippen molar-refractivity contribution in [2.24, 2.45) is 0 Å². The average Bonchev–Trinajstić information content (AvgIpc) is 2.84. The lowest BCUT2D eigenvalue weighted by Crippen LogP contribution is -2.05. The maximum atomic E-state index is 13.8. The van der Waals surface area contributed by atoms with Crippen LogP contribution in [-0.2, 0) is 6.54 Å². The molecule has 0 atom stereocenters. The van der Waals surface area contributed by atoms with E-state index in [2.05, 4.69) is 31.2 Å². The maximum absolute atomic E-state index is 13.8. The normalized spacial score (nSPS) is 11.0. The lowest BCUT2D eigenvalue weighted by Gasteiger charge is -2.09. The van der Waals surface area contributed by atoms with Crippen LogP contribution in [0.4, 0.5) is 14.5 Å². The Morgan fingerprint density at radius 3 is 2.81 bits per heavy atom. The number of hydrogen-bond acceptors (Lipinski definition) is 3. The highest BCUT2D eigenvalue weighted by molar-refractivity contribution is 9.10. The summed E-state index contributed by atoms with van der Waals surface area (Å²) < 4.78 is 29.8. The summed E-state index contributed by atoms with van der Waals surface area (Å²) in [5, 5.41) is 2.88. The van der Waals surface area contributed by atoms with Crippen LogP contribution in [-0.4, -0.2) is 14.4 Å². The van der Waals surface area contributed by atoms with Crippen molar-refractivity contribution in [1.82, 2.24) is 14.4 Å². The molecule has 2 heterocycles. The van der Waals surface area contributed by atoms with E-state index in [9.17, 15) is 8.78 Å². The number of rotatable bonds is 3. The fraction of sp³-hybridized carbons (Fsp3) is 0.143. The molecular formula is C14H11BrF2N4. The second-order valence-electron chi connectivity index (χ2n) is 4.62. The Kier molecular flexibility index (Phi) is 3.59. The Bertz CT molecular complexity index is 816. The van der Waals surface area contributed by atoms with Crippen LogP contribution >= 0.6 is 15.9 Å². The van der Waals surface area contributed by atoms with Gasteiger partial charge in [0.2, 0.25) is 0 Å². The van der Waals surface area contributed by atoms with E-state index in [1.165, 1.54) is 13.0 Å². The molecule has 1 aromatic carbocycles. The van der Waals surface area contributed by atoms with E-state index < -0.39 is 11.6 Å². The van der Waals surface area contributed by atoms with Crippen molar-refractivity contribution in [2.75, 3.05) is 5.32 Å². The number of anilines is 1. The molecule has 2 aromatic heterocycles. The summed E-state index contributed by atoms with van der Waals surface area (Å²) in [6.45, 7) is 1.84. The zero-order valence-electron chi connectivity index (χ0n) is 11.1. The van der Waals surface area contributed by atoms with Crippen molar-refractivity contribution in [1.29, 1.82) is 0 Å². The number of fused-ring (bicyclic) bond motifs is 1. The third kappa shape index (κ3) is 2.73. The van der Waals surface area contributed by atoms with Gasteiger partial charge in [0.05, 0.1) is 30.3 Å². The summed E-state index contributed by atoms with van der Waals surface area (Å²) in [6.07, 6.45) is 5.06. The van der Waals surface area contributed by atoms with Crippen LogP contribution in [0, 0.1) is 18.6 Å². The smallest absolute Gasteiger partial charge is 0.155 e. The average molecular weight is 353 g/mol. The fourth-order valence-electron chi connectivity index (χ4n) is 2.01. The van der Waals surface area contributed by atoms with Gasteiger partial charge in [-0.25, -0.2) is 18.7 Å². The molecule has 0 bridgehead atoms. The van der Waals surface area contributed by atoms with E-state index in [0.29, 0.717) is 16.8 Å². The lowest BCUT2D eigenvalue weighted by molar-refractivity contribution is 0.594. The van der Waals surface area contributed by atoms with Crippen LogP contribution in [0.3, 0.4) is 0 Å². The molecule has 0 fully saturated rings. The molecule has 4 nitrogen and oxygen atoms in total. The first-order valence-corrected chi connectivity index (χ1v) is 7.01. The molecule has 108 valence electrons. The van der Waals surface area contributed by atoms with Crippen LogP contribution in [0.15, 0.2) is 35.3 Å². The van der Waals surface area contributed by atoms with Crippen molar-refractivity contribution >= 4 is 27.3 Å². The van der Waals surface area contributed by atoms with Crippen molar-refractivity contribution in [3.8, 4) is 0 Å². The highest BCUT2D eigenvalue weighted by Gasteiger charge is 2.09. The summed E-state index contributed by atoms with van der Waals surface area (Å²) >= 11 is 3.29. The third-order valence-corrected chi connectivity index (χ3v) is 3.56. The number of nitrogens with zero attached hydrogens (tertiary/aromatic N) is 3. The van der Waals surface area contributed by atoms with Gasteiger partial charge in [0, 0.05) is 12.3 Å². The molecule has 0 unspecified atom stereocenters. The first kappa shape index (κ1) is 13.9. The van der Waals surface area contributed by atoms with Gasteiger partial charge in [0.15, 0.2) is 5.65 Å². The number of aromatic nitrogens is 3. The van der Waals surface area contributed by atoms with Crippen LogP contribution < -0.4 is 5.32 Å². The van der Waals surface area contributed by atoms with Gasteiger partial charge < -0.3 is 5.32 Å². The van der Waals surface area contributed by atoms with Crippen LogP contribution in [0.25, 0.3) is 5.65 Å². The minimum atomic E-state index is -0.481. The summed E-state index contributed by atoms with van der Waals surface area (Å²) in [5.41, 5.74) is 1.91. The first-order valence-electron chi connectivity index (χ1n) is 6.21. The molecule has 0 saturated heterocycles. The molecule has 3 rings (SSSR count). The molecule has 0 aliphatic carbocycles. The Labute approximate surface area is 128 Å². The molecule has 1 N–H and O–H groups in total. The molecule has 7 heteroatoms. The van der Waals surface area contributed by atoms with Gasteiger partial charge in [-0.1, -0.05) is 0 Å². The lowest BCUT2D eigenvalue weighted by atomic mass is 10.2. The number of imidazole rings is 1. The Hall–Kier alpha value is -2.02. The fourth-order valence-corrected chi connectivity index (χ4v) is 2.32. The minimum Gasteiger partial charge on any atom is -0.377 e. The first-order chi connectivity index (χ1) is 10.0. The number of benzene rings is 1. The molecule has 0 amide bonds. The van der Waals surface area contributed by atoms with Gasteiger partial charge in [-0.2, -0.15) is 0 Å². The second kappa shape index (κ2) is 5.40. The van der Waals surface area contributed by atoms with Gasteiger partial charge in [-0.3, -0.25) is 4.40 Å². The molecule has 21 heavy (non-hydrogen) atoms. The van der Waals surface area contributed by atoms with E-state index in [4.69, 9.17) is 0 Å². The molecule has 3 aromatic rings. The summed E-state index contributed by atoms with van der Waals surface area (Å²) in [7, 11) is 0. The molecule has 0 aliphatic rings. The van der Waals surface area contributed by atoms with Crippen molar-refractivity contribution in [3.05, 3.63) is 58.2 Å². The van der Waals surface area contributed by atoms with Gasteiger partial charge in [-0.15, -0.1) is 0 Å². The van der Waals surface area contributed by atoms with Crippen molar-refractivity contribution < 1.29 is 8.78 Å². The van der Waals surface area contributed by atoms with Gasteiger partial charge in [0.1, 0.15) is 16.2 Å². The van der Waals surface area contributed by atoms with E-state index in [1.54, 1.807) is 18.6 Å². The van der Waals surface area contributed by atoms with Gasteiger partial charge >= 0.3 is 0 Å². The summed E-state index contributed by atoms with van der Waals surface area (Å²) in [4.78, 5) is 8.28. The highest BCUT2D eigenvalue weighted by Crippen LogP contribution is 2.20. The Balaban J connectivity index is 1.87. The number of aryl methyl sites for hydroxylation is 1. The predicted octanol–water partition coefficient (Wildman–Crippen LogP) is 3.69. The zero-order chi connectivity index (χ0) is 15.0. The maximum Gasteiger partial charge on any atom is 0.155 e. The van der Waals surface area contributed by atoms with Crippen LogP contribution in [0.1, 0.15) is 11.3 Å². The van der Waals surface area contributed by atoms with Gasteiger partial charge in [-0.05, 0) is 34.5 Å². The predicted molar refractivity (Wildman–Crippen MR) is 79.1 cm³/mol. The SMILES string of the molecule is Cc1cc(F)c(NCc2cnc3cnc(Br)cn23)cc1F. The highest BCUT2D eigenvalue weighted by atomic mass is 79.9. The minimum absolute atomic E-state index is 0.126. The molecular weight excluding hydrogens is 342 g/mol. The number of halogens is 3. The topological polar surface area (TPSA) is 42.2 Å². The van der Waals surface area contributed by atoms with E-state index in [1.807, 2.05) is 4.40 Å². The summed E-state index contributed by atoms with van der Waals surface area (Å²) in [5.74, 6) is -0.922. The largest absolute Gasteiger partial charge is 0.377 e. The van der Waals surface area contributed by atoms with Crippen molar-refractivity contribution in [3.63, 3.8) is 0 Å². The van der Waals surface area contributed by atoms with E-state index >= 15 is 0 Å². The van der Waals surface area contributed by atoms with Gasteiger partial charge in [0.25, 0.3) is 0 Å². The zero-order valence-corrected chi connectivity index (χ0v) is 12.7. The molecule has 0 saturated carbocycles. The number of nitrogens with one attached hydrogen (secondary N) is 1. The van der Waals surface area contributed by atoms with Crippen molar-refractivity contribution in [2.45, 2.75) is 13.5 Å². The van der Waals surface area contributed by atoms with E-state index in [0.717, 1.165) is 11.8 Å². The third-order valence-electron chi connectivity index (χ3n) is 3.15. The Morgan fingerprint density at radius 1 is 1.19 bits per heavy atom. The molecule has 0 aliphatic heterocycles. The monoisotopic (exact) mass is 352 g/mol. The van der Waals surface area contributed by atoms with E-state index in [-0.39, 0.29) is 11.3 Å². The summed E-state index contributed by atoms with van der Waals surface area (Å²) in [6, 6.07) is 2.33. The standard InChI is InChI=1S/C14H11BrF2N4/c1-8-2-11(17)12(3-10(8)16)18-4-9-5-20-14-6-19-13(15)7-21(9)14/h2-3,5-7,18H,4H2,1H3. The molecule has 0 spiro atoms. The van der Waals surface area contributed by atoms with Crippen LogP contribution in [0.5, 0.6) is 0 Å². The second-order valence-corrected chi connectivity index (χ2v) is 5.44. The quantitative estimate of drug-likeness (QED) is 0.781.